The van der Waals surface area contributed by atoms with Gasteiger partial charge in [0.25, 0.3) is 0 Å². The molecular weight excluding hydrogens is 332 g/mol. The summed E-state index contributed by atoms with van der Waals surface area (Å²) in [5.74, 6) is 1.95. The number of amides is 1. The number of nitrogens with zero attached hydrogens (tertiary/aromatic N) is 3. The van der Waals surface area contributed by atoms with Crippen molar-refractivity contribution in [2.45, 2.75) is 62.8 Å². The number of thioether (sulfide) groups is 1. The summed E-state index contributed by atoms with van der Waals surface area (Å²) in [5, 5.41) is 12.2. The number of rotatable bonds is 6. The first-order valence-electron chi connectivity index (χ1n) is 8.84. The highest BCUT2D eigenvalue weighted by Gasteiger charge is 2.30. The van der Waals surface area contributed by atoms with Crippen LogP contribution in [0.25, 0.3) is 0 Å². The molecule has 6 heteroatoms. The zero-order valence-corrected chi connectivity index (χ0v) is 16.4. The van der Waals surface area contributed by atoms with E-state index in [1.165, 1.54) is 30.2 Å². The van der Waals surface area contributed by atoms with Gasteiger partial charge in [-0.25, -0.2) is 0 Å². The molecule has 1 aromatic carbocycles. The van der Waals surface area contributed by atoms with E-state index in [1.54, 1.807) is 0 Å². The second-order valence-corrected chi connectivity index (χ2v) is 8.43. The van der Waals surface area contributed by atoms with Crippen LogP contribution in [0.3, 0.4) is 0 Å². The number of para-hydroxylation sites is 1. The van der Waals surface area contributed by atoms with Gasteiger partial charge in [-0.05, 0) is 43.7 Å². The first-order chi connectivity index (χ1) is 11.9. The fourth-order valence-electron chi connectivity index (χ4n) is 2.90. The summed E-state index contributed by atoms with van der Waals surface area (Å²) in [6.45, 7) is 8.23. The maximum Gasteiger partial charge on any atom is 0.237 e. The number of carbonyl (C=O) groups is 1. The average Bonchev–Trinajstić information content (AvgIpc) is 3.34. The van der Waals surface area contributed by atoms with Gasteiger partial charge in [-0.2, -0.15) is 0 Å². The van der Waals surface area contributed by atoms with Crippen LogP contribution in [0, 0.1) is 6.92 Å². The molecule has 5 nitrogen and oxygen atoms in total. The van der Waals surface area contributed by atoms with Crippen LogP contribution in [0.4, 0.5) is 5.69 Å². The fraction of sp³-hybridized carbons (Fsp3) is 0.526. The molecule has 0 unspecified atom stereocenters. The Morgan fingerprint density at radius 3 is 2.64 bits per heavy atom. The van der Waals surface area contributed by atoms with E-state index in [9.17, 15) is 4.79 Å². The lowest BCUT2D eigenvalue weighted by Gasteiger charge is -2.18. The Labute approximate surface area is 153 Å². The van der Waals surface area contributed by atoms with E-state index >= 15 is 0 Å². The highest BCUT2D eigenvalue weighted by molar-refractivity contribution is 8.00. The van der Waals surface area contributed by atoms with Crippen LogP contribution in [-0.2, 0) is 11.8 Å². The molecule has 1 fully saturated rings. The van der Waals surface area contributed by atoms with Gasteiger partial charge in [0.05, 0.1) is 5.25 Å². The van der Waals surface area contributed by atoms with Crippen molar-refractivity contribution < 1.29 is 4.79 Å². The van der Waals surface area contributed by atoms with Crippen LogP contribution in [0.5, 0.6) is 0 Å². The molecule has 1 atom stereocenters. The van der Waals surface area contributed by atoms with Gasteiger partial charge in [0.1, 0.15) is 5.82 Å². The monoisotopic (exact) mass is 358 g/mol. The van der Waals surface area contributed by atoms with Gasteiger partial charge < -0.3 is 9.88 Å². The third kappa shape index (κ3) is 3.89. The molecule has 2 aromatic rings. The molecule has 0 saturated heterocycles. The summed E-state index contributed by atoms with van der Waals surface area (Å²) < 4.78 is 2.03. The van der Waals surface area contributed by atoms with Crippen LogP contribution >= 0.6 is 11.8 Å². The predicted octanol–water partition coefficient (Wildman–Crippen LogP) is 4.24. The zero-order chi connectivity index (χ0) is 18.1. The SMILES string of the molecule is Cc1cccc(C(C)C)c1NC(=O)[C@@H](C)Sc1nnc(C2CC2)n1C. The molecule has 1 saturated carbocycles. The number of hydrogen-bond acceptors (Lipinski definition) is 4. The van der Waals surface area contributed by atoms with E-state index in [2.05, 4.69) is 35.4 Å². The number of aryl methyl sites for hydroxylation is 1. The highest BCUT2D eigenvalue weighted by atomic mass is 32.2. The van der Waals surface area contributed by atoms with Crippen molar-refractivity contribution in [3.63, 3.8) is 0 Å². The maximum atomic E-state index is 12.7. The van der Waals surface area contributed by atoms with Crippen molar-refractivity contribution in [1.29, 1.82) is 0 Å². The summed E-state index contributed by atoms with van der Waals surface area (Å²) in [4.78, 5) is 12.7. The summed E-state index contributed by atoms with van der Waals surface area (Å²) >= 11 is 1.46. The molecule has 1 N–H and O–H groups in total. The third-order valence-corrected chi connectivity index (χ3v) is 5.77. The smallest absolute Gasteiger partial charge is 0.237 e. The molecule has 3 rings (SSSR count). The van der Waals surface area contributed by atoms with Crippen molar-refractivity contribution in [3.05, 3.63) is 35.2 Å². The minimum atomic E-state index is -0.241. The van der Waals surface area contributed by atoms with Crippen LogP contribution < -0.4 is 5.32 Å². The molecule has 1 amide bonds. The number of benzene rings is 1. The van der Waals surface area contributed by atoms with Crippen LogP contribution in [0.1, 0.15) is 62.4 Å². The Bertz CT molecular complexity index is 780. The minimum absolute atomic E-state index is 0.00262. The van der Waals surface area contributed by atoms with Crippen molar-refractivity contribution in [2.24, 2.45) is 7.05 Å². The van der Waals surface area contributed by atoms with Crippen molar-refractivity contribution in [3.8, 4) is 0 Å². The second kappa shape index (κ2) is 7.20. The largest absolute Gasteiger partial charge is 0.325 e. The number of carbonyl (C=O) groups excluding carboxylic acids is 1. The van der Waals surface area contributed by atoms with Gasteiger partial charge in [-0.15, -0.1) is 10.2 Å². The van der Waals surface area contributed by atoms with Crippen molar-refractivity contribution in [1.82, 2.24) is 14.8 Å². The molecule has 25 heavy (non-hydrogen) atoms. The van der Waals surface area contributed by atoms with E-state index in [-0.39, 0.29) is 11.2 Å². The van der Waals surface area contributed by atoms with E-state index in [1.807, 2.05) is 37.6 Å². The molecule has 134 valence electrons. The topological polar surface area (TPSA) is 59.8 Å². The van der Waals surface area contributed by atoms with Crippen LogP contribution in [-0.4, -0.2) is 25.9 Å². The standard InChI is InChI=1S/C19H26N4OS/c1-11(2)15-8-6-7-12(3)16(15)20-18(24)13(4)25-19-22-21-17(23(19)5)14-9-10-14/h6-8,11,13-14H,9-10H2,1-5H3,(H,20,24)/t13-/m1/s1. The summed E-state index contributed by atoms with van der Waals surface area (Å²) in [7, 11) is 1.98. The average molecular weight is 359 g/mol. The third-order valence-electron chi connectivity index (χ3n) is 4.64. The normalized spacial score (nSPS) is 15.4. The first-order valence-corrected chi connectivity index (χ1v) is 9.72. The summed E-state index contributed by atoms with van der Waals surface area (Å²) in [6, 6.07) is 6.15. The number of aromatic nitrogens is 3. The Kier molecular flexibility index (Phi) is 5.18. The molecule has 0 bridgehead atoms. The zero-order valence-electron chi connectivity index (χ0n) is 15.5. The lowest BCUT2D eigenvalue weighted by Crippen LogP contribution is -2.24. The number of hydrogen-bond donors (Lipinski definition) is 1. The van der Waals surface area contributed by atoms with E-state index < -0.39 is 0 Å². The molecule has 1 heterocycles. The molecule has 1 aromatic heterocycles. The lowest BCUT2D eigenvalue weighted by atomic mass is 9.98. The molecule has 1 aliphatic rings. The van der Waals surface area contributed by atoms with E-state index in [0.29, 0.717) is 11.8 Å². The number of nitrogens with one attached hydrogen (secondary N) is 1. The van der Waals surface area contributed by atoms with Crippen molar-refractivity contribution >= 4 is 23.4 Å². The van der Waals surface area contributed by atoms with Gasteiger partial charge in [0.15, 0.2) is 5.16 Å². The fourth-order valence-corrected chi connectivity index (χ4v) is 3.73. The van der Waals surface area contributed by atoms with Crippen LogP contribution in [0.15, 0.2) is 23.4 Å². The van der Waals surface area contributed by atoms with E-state index in [0.717, 1.165) is 22.2 Å². The van der Waals surface area contributed by atoms with Gasteiger partial charge >= 0.3 is 0 Å². The summed E-state index contributed by atoms with van der Waals surface area (Å²) in [6.07, 6.45) is 2.38. The Hall–Kier alpha value is -1.82. The van der Waals surface area contributed by atoms with Gasteiger partial charge in [0, 0.05) is 18.7 Å². The van der Waals surface area contributed by atoms with Gasteiger partial charge in [-0.1, -0.05) is 43.8 Å². The molecule has 0 spiro atoms. The quantitative estimate of drug-likeness (QED) is 0.785. The highest BCUT2D eigenvalue weighted by Crippen LogP contribution is 2.40. The first kappa shape index (κ1) is 18.0. The minimum Gasteiger partial charge on any atom is -0.325 e. The molecule has 0 aliphatic heterocycles. The predicted molar refractivity (Wildman–Crippen MR) is 102 cm³/mol. The van der Waals surface area contributed by atoms with Crippen LogP contribution in [0.2, 0.25) is 0 Å². The Balaban J connectivity index is 1.71. The molecule has 0 radical (unpaired) electrons. The molecule has 1 aliphatic carbocycles. The van der Waals surface area contributed by atoms with E-state index in [4.69, 9.17) is 0 Å². The second-order valence-electron chi connectivity index (χ2n) is 7.12. The lowest BCUT2D eigenvalue weighted by molar-refractivity contribution is -0.115. The maximum absolute atomic E-state index is 12.7. The summed E-state index contributed by atoms with van der Waals surface area (Å²) in [5.41, 5.74) is 3.19. The Morgan fingerprint density at radius 1 is 1.28 bits per heavy atom. The Morgan fingerprint density at radius 2 is 2.00 bits per heavy atom. The van der Waals surface area contributed by atoms with Crippen molar-refractivity contribution in [2.75, 3.05) is 5.32 Å². The van der Waals surface area contributed by atoms with Gasteiger partial charge in [0.2, 0.25) is 5.91 Å². The van der Waals surface area contributed by atoms with Gasteiger partial charge in [-0.3, -0.25) is 4.79 Å². The number of anilines is 1. The molecular formula is C19H26N4OS.